The molecule has 0 saturated carbocycles. The molecule has 1 aromatic heterocycles. The molecular formula is C17H18N2O2. The molecule has 21 heavy (non-hydrogen) atoms. The first-order valence-corrected chi connectivity index (χ1v) is 7.49. The summed E-state index contributed by atoms with van der Waals surface area (Å²) < 4.78 is 0. The Balaban J connectivity index is 2.17. The van der Waals surface area contributed by atoms with Crippen molar-refractivity contribution in [2.75, 3.05) is 18.0 Å². The van der Waals surface area contributed by atoms with Crippen molar-refractivity contribution in [3.05, 3.63) is 34.5 Å². The van der Waals surface area contributed by atoms with E-state index >= 15 is 0 Å². The maximum atomic E-state index is 11.9. The molecule has 4 nitrogen and oxygen atoms in total. The number of aryl methyl sites for hydroxylation is 2. The van der Waals surface area contributed by atoms with Crippen molar-refractivity contribution < 1.29 is 9.90 Å². The monoisotopic (exact) mass is 282 g/mol. The predicted molar refractivity (Wildman–Crippen MR) is 82.4 cm³/mol. The van der Waals surface area contributed by atoms with E-state index in [1.54, 1.807) is 0 Å². The topological polar surface area (TPSA) is 53.4 Å². The van der Waals surface area contributed by atoms with Gasteiger partial charge >= 0.3 is 5.97 Å². The number of hydrogen-bond acceptors (Lipinski definition) is 3. The second-order valence-corrected chi connectivity index (χ2v) is 6.27. The Hall–Kier alpha value is -2.10. The van der Waals surface area contributed by atoms with Crippen LogP contribution >= 0.6 is 0 Å². The van der Waals surface area contributed by atoms with Gasteiger partial charge in [-0.15, -0.1) is 0 Å². The van der Waals surface area contributed by atoms with Crippen molar-refractivity contribution in [3.8, 4) is 0 Å². The van der Waals surface area contributed by atoms with Gasteiger partial charge < -0.3 is 10.0 Å². The third-order valence-electron chi connectivity index (χ3n) is 4.84. The maximum Gasteiger partial charge on any atom is 0.338 e. The number of rotatable bonds is 1. The highest BCUT2D eigenvalue weighted by Gasteiger charge is 2.36. The summed E-state index contributed by atoms with van der Waals surface area (Å²) in [5.41, 5.74) is 5.33. The van der Waals surface area contributed by atoms with Crippen molar-refractivity contribution in [1.82, 2.24) is 4.98 Å². The molecule has 2 bridgehead atoms. The number of nitrogens with zero attached hydrogens (tertiary/aromatic N) is 2. The molecule has 1 saturated heterocycles. The minimum atomic E-state index is -0.837. The van der Waals surface area contributed by atoms with E-state index < -0.39 is 5.97 Å². The Morgan fingerprint density at radius 2 is 2.00 bits per heavy atom. The van der Waals surface area contributed by atoms with Gasteiger partial charge in [-0.2, -0.15) is 0 Å². The maximum absolute atomic E-state index is 11.9. The van der Waals surface area contributed by atoms with Crippen LogP contribution in [0.4, 0.5) is 5.69 Å². The van der Waals surface area contributed by atoms with Gasteiger partial charge in [0.05, 0.1) is 22.5 Å². The molecule has 0 unspecified atom stereocenters. The summed E-state index contributed by atoms with van der Waals surface area (Å²) in [6.07, 6.45) is 2.19. The number of piperidine rings is 1. The summed E-state index contributed by atoms with van der Waals surface area (Å²) >= 11 is 0. The van der Waals surface area contributed by atoms with Gasteiger partial charge in [0.2, 0.25) is 0 Å². The fourth-order valence-electron chi connectivity index (χ4n) is 3.93. The molecule has 0 spiro atoms. The number of carboxylic acid groups (broad SMARTS) is 1. The van der Waals surface area contributed by atoms with Crippen molar-refractivity contribution in [2.45, 2.75) is 32.6 Å². The summed E-state index contributed by atoms with van der Waals surface area (Å²) in [6, 6.07) is 4.04. The highest BCUT2D eigenvalue weighted by atomic mass is 16.4. The van der Waals surface area contributed by atoms with Gasteiger partial charge in [0.1, 0.15) is 0 Å². The number of hydrogen-bond donors (Lipinski definition) is 1. The zero-order valence-corrected chi connectivity index (χ0v) is 12.3. The standard InChI is InChI=1S/C17H18N2O2/c1-9-7-10(2)14-12(8-9)13(17(20)21)16-15(18-14)11-3-5-19(16)6-4-11/h7-8,11H,3-6H2,1-2H3,(H,20,21). The number of aromatic nitrogens is 1. The van der Waals surface area contributed by atoms with Crippen LogP contribution in [0.3, 0.4) is 0 Å². The highest BCUT2D eigenvalue weighted by molar-refractivity contribution is 6.09. The molecule has 1 N–H and O–H groups in total. The molecule has 108 valence electrons. The molecule has 0 atom stereocenters. The molecule has 3 aliphatic heterocycles. The van der Waals surface area contributed by atoms with Crippen LogP contribution in [-0.2, 0) is 0 Å². The molecule has 1 fully saturated rings. The number of carbonyl (C=O) groups is 1. The van der Waals surface area contributed by atoms with E-state index in [9.17, 15) is 9.90 Å². The van der Waals surface area contributed by atoms with Crippen LogP contribution in [0.2, 0.25) is 0 Å². The van der Waals surface area contributed by atoms with Crippen LogP contribution < -0.4 is 4.90 Å². The molecule has 0 amide bonds. The largest absolute Gasteiger partial charge is 0.478 e. The van der Waals surface area contributed by atoms with Crippen molar-refractivity contribution in [2.24, 2.45) is 0 Å². The Labute approximate surface area is 123 Å². The first-order valence-electron chi connectivity index (χ1n) is 7.49. The Kier molecular flexibility index (Phi) is 2.52. The van der Waals surface area contributed by atoms with Crippen LogP contribution in [0.15, 0.2) is 12.1 Å². The predicted octanol–water partition coefficient (Wildman–Crippen LogP) is 3.25. The van der Waals surface area contributed by atoms with Gasteiger partial charge in [0.25, 0.3) is 0 Å². The zero-order valence-electron chi connectivity index (χ0n) is 12.3. The third-order valence-corrected chi connectivity index (χ3v) is 4.84. The lowest BCUT2D eigenvalue weighted by molar-refractivity contribution is 0.0699. The number of carboxylic acids is 1. The van der Waals surface area contributed by atoms with Gasteiger partial charge in [0.15, 0.2) is 0 Å². The van der Waals surface area contributed by atoms with Crippen molar-refractivity contribution in [3.63, 3.8) is 0 Å². The fourth-order valence-corrected chi connectivity index (χ4v) is 3.93. The van der Waals surface area contributed by atoms with Crippen LogP contribution in [0, 0.1) is 13.8 Å². The van der Waals surface area contributed by atoms with Gasteiger partial charge in [-0.1, -0.05) is 11.6 Å². The minimum Gasteiger partial charge on any atom is -0.478 e. The van der Waals surface area contributed by atoms with Crippen LogP contribution in [0.25, 0.3) is 10.9 Å². The van der Waals surface area contributed by atoms with E-state index in [0.29, 0.717) is 11.5 Å². The number of benzene rings is 1. The summed E-state index contributed by atoms with van der Waals surface area (Å²) in [4.78, 5) is 19.0. The molecule has 0 radical (unpaired) electrons. The smallest absolute Gasteiger partial charge is 0.338 e. The van der Waals surface area contributed by atoms with Crippen LogP contribution in [0.5, 0.6) is 0 Å². The molecule has 3 aliphatic rings. The molecule has 0 aliphatic carbocycles. The third kappa shape index (κ3) is 1.68. The van der Waals surface area contributed by atoms with Crippen molar-refractivity contribution >= 4 is 22.6 Å². The zero-order chi connectivity index (χ0) is 14.7. The van der Waals surface area contributed by atoms with Gasteiger partial charge in [-0.25, -0.2) is 4.79 Å². The first kappa shape index (κ1) is 12.6. The normalized spacial score (nSPS) is 17.3. The number of fused-ring (bicyclic) bond motifs is 3. The van der Waals surface area contributed by atoms with E-state index in [1.807, 2.05) is 19.9 Å². The lowest BCUT2D eigenvalue weighted by Crippen LogP contribution is -2.40. The summed E-state index contributed by atoms with van der Waals surface area (Å²) in [5.74, 6) is -0.413. The minimum absolute atomic E-state index is 0.424. The number of aromatic carboxylic acids is 1. The number of pyridine rings is 1. The summed E-state index contributed by atoms with van der Waals surface area (Å²) in [5, 5.41) is 10.6. The Morgan fingerprint density at radius 1 is 1.29 bits per heavy atom. The Morgan fingerprint density at radius 3 is 2.67 bits per heavy atom. The molecule has 2 aromatic rings. The van der Waals surface area contributed by atoms with E-state index in [-0.39, 0.29) is 0 Å². The average Bonchev–Trinajstić information content (AvgIpc) is 2.46. The molecule has 4 heteroatoms. The number of anilines is 1. The van der Waals surface area contributed by atoms with Gasteiger partial charge in [-0.05, 0) is 38.3 Å². The molecular weight excluding hydrogens is 264 g/mol. The van der Waals surface area contributed by atoms with E-state index in [0.717, 1.165) is 59.3 Å². The van der Waals surface area contributed by atoms with E-state index in [1.165, 1.54) is 0 Å². The van der Waals surface area contributed by atoms with Gasteiger partial charge in [0, 0.05) is 24.4 Å². The Bertz CT molecular complexity index is 774. The SMILES string of the molecule is Cc1cc(C)c2nc3c(c(C(=O)O)c2c1)N1CCC3CC1. The highest BCUT2D eigenvalue weighted by Crippen LogP contribution is 2.45. The van der Waals surface area contributed by atoms with E-state index in [4.69, 9.17) is 4.98 Å². The van der Waals surface area contributed by atoms with Crippen LogP contribution in [0.1, 0.15) is 45.9 Å². The van der Waals surface area contributed by atoms with Crippen molar-refractivity contribution in [1.29, 1.82) is 0 Å². The molecule has 1 aromatic carbocycles. The lowest BCUT2D eigenvalue weighted by Gasteiger charge is -2.42. The average molecular weight is 282 g/mol. The van der Waals surface area contributed by atoms with E-state index in [2.05, 4.69) is 11.0 Å². The quantitative estimate of drug-likeness (QED) is 0.872. The van der Waals surface area contributed by atoms with Gasteiger partial charge in [-0.3, -0.25) is 4.98 Å². The summed E-state index contributed by atoms with van der Waals surface area (Å²) in [7, 11) is 0. The molecule has 5 rings (SSSR count). The first-order chi connectivity index (χ1) is 10.1. The molecule has 4 heterocycles. The lowest BCUT2D eigenvalue weighted by atomic mass is 9.84. The summed E-state index contributed by atoms with van der Waals surface area (Å²) in [6.45, 7) is 5.93. The second kappa shape index (κ2) is 4.20. The second-order valence-electron chi connectivity index (χ2n) is 6.27. The van der Waals surface area contributed by atoms with Crippen LogP contribution in [-0.4, -0.2) is 29.1 Å². The fraction of sp³-hybridized carbons (Fsp3) is 0.412.